The van der Waals surface area contributed by atoms with Crippen LogP contribution >= 0.6 is 11.8 Å². The molecule has 1 amide bonds. The molecular formula is C19H18N2O4S. The van der Waals surface area contributed by atoms with Gasteiger partial charge >= 0.3 is 0 Å². The van der Waals surface area contributed by atoms with Gasteiger partial charge in [-0.1, -0.05) is 0 Å². The van der Waals surface area contributed by atoms with E-state index in [-0.39, 0.29) is 23.6 Å². The summed E-state index contributed by atoms with van der Waals surface area (Å²) in [7, 11) is 0. The van der Waals surface area contributed by atoms with E-state index < -0.39 is 0 Å². The highest BCUT2D eigenvalue weighted by Crippen LogP contribution is 2.46. The van der Waals surface area contributed by atoms with E-state index in [4.69, 9.17) is 14.2 Å². The Morgan fingerprint density at radius 1 is 1.27 bits per heavy atom. The Kier molecular flexibility index (Phi) is 3.70. The molecule has 3 aliphatic rings. The van der Waals surface area contributed by atoms with Crippen molar-refractivity contribution in [2.45, 2.75) is 17.3 Å². The summed E-state index contributed by atoms with van der Waals surface area (Å²) in [6, 6.07) is 9.18. The second-order valence-electron chi connectivity index (χ2n) is 6.86. The van der Waals surface area contributed by atoms with Crippen LogP contribution in [0, 0.1) is 0 Å². The van der Waals surface area contributed by atoms with E-state index in [1.165, 1.54) is 0 Å². The molecule has 2 saturated heterocycles. The van der Waals surface area contributed by atoms with Gasteiger partial charge in [-0.2, -0.15) is 0 Å². The van der Waals surface area contributed by atoms with Crippen LogP contribution in [0.4, 0.5) is 0 Å². The highest BCUT2D eigenvalue weighted by atomic mass is 32.2. The smallest absolute Gasteiger partial charge is 0.254 e. The molecule has 2 fully saturated rings. The largest absolute Gasteiger partial charge is 0.488 e. The number of rotatable bonds is 3. The number of likely N-dealkylation sites (tertiary alicyclic amines) is 1. The van der Waals surface area contributed by atoms with Crippen LogP contribution in [-0.2, 0) is 0 Å². The zero-order valence-electron chi connectivity index (χ0n) is 14.1. The van der Waals surface area contributed by atoms with Gasteiger partial charge < -0.3 is 19.1 Å². The number of amides is 1. The number of pyridine rings is 1. The molecule has 2 aromatic rings. The summed E-state index contributed by atoms with van der Waals surface area (Å²) < 4.78 is 16.8. The van der Waals surface area contributed by atoms with Crippen molar-refractivity contribution in [3.8, 4) is 17.2 Å². The second kappa shape index (κ2) is 6.09. The Labute approximate surface area is 155 Å². The first-order valence-corrected chi connectivity index (χ1v) is 9.59. The fraction of sp³-hybridized carbons (Fsp3) is 0.368. The van der Waals surface area contributed by atoms with E-state index in [0.717, 1.165) is 31.0 Å². The number of nitrogens with zero attached hydrogens (tertiary/aromatic N) is 2. The average molecular weight is 370 g/mol. The van der Waals surface area contributed by atoms with E-state index in [1.54, 1.807) is 30.6 Å². The first kappa shape index (κ1) is 15.8. The van der Waals surface area contributed by atoms with E-state index in [1.807, 2.05) is 28.8 Å². The van der Waals surface area contributed by atoms with Crippen molar-refractivity contribution >= 4 is 17.7 Å². The monoisotopic (exact) mass is 370 g/mol. The molecule has 0 saturated carbocycles. The lowest BCUT2D eigenvalue weighted by molar-refractivity contribution is 0.0517. The molecule has 1 spiro atoms. The molecule has 1 unspecified atom stereocenters. The van der Waals surface area contributed by atoms with Crippen LogP contribution in [-0.4, -0.2) is 52.3 Å². The van der Waals surface area contributed by atoms with Crippen molar-refractivity contribution in [2.24, 2.45) is 0 Å². The molecular weight excluding hydrogens is 352 g/mol. The quantitative estimate of drug-likeness (QED) is 0.828. The molecule has 4 heterocycles. The van der Waals surface area contributed by atoms with Crippen molar-refractivity contribution in [2.75, 3.05) is 25.6 Å². The van der Waals surface area contributed by atoms with Gasteiger partial charge in [0.05, 0.1) is 10.9 Å². The predicted octanol–water partition coefficient (Wildman–Crippen LogP) is 2.59. The summed E-state index contributed by atoms with van der Waals surface area (Å²) in [5, 5.41) is 0. The Bertz CT molecular complexity index is 839. The number of carbonyl (C=O) groups excluding carboxylic acids is 1. The van der Waals surface area contributed by atoms with Crippen LogP contribution in [0.1, 0.15) is 16.8 Å². The van der Waals surface area contributed by atoms with E-state index >= 15 is 0 Å². The number of thioether (sulfide) groups is 1. The summed E-state index contributed by atoms with van der Waals surface area (Å²) >= 11 is 1.91. The third-order valence-electron chi connectivity index (χ3n) is 4.98. The molecule has 26 heavy (non-hydrogen) atoms. The molecule has 7 heteroatoms. The molecule has 1 atom stereocenters. The number of benzene rings is 1. The predicted molar refractivity (Wildman–Crippen MR) is 96.9 cm³/mol. The molecule has 0 bridgehead atoms. The van der Waals surface area contributed by atoms with Crippen LogP contribution < -0.4 is 14.2 Å². The Balaban J connectivity index is 1.20. The highest BCUT2D eigenvalue weighted by Gasteiger charge is 2.51. The van der Waals surface area contributed by atoms with Crippen molar-refractivity contribution in [1.29, 1.82) is 0 Å². The number of fused-ring (bicyclic) bond motifs is 1. The van der Waals surface area contributed by atoms with Crippen molar-refractivity contribution < 1.29 is 19.0 Å². The first-order valence-electron chi connectivity index (χ1n) is 8.60. The standard InChI is InChI=1S/C19H18N2O4S/c22-18(13-3-4-16-17(6-13)24-12-23-16)21-10-19(11-21)7-15(9-26-19)25-14-2-1-5-20-8-14/h1-6,8,15H,7,9-12H2. The van der Waals surface area contributed by atoms with Gasteiger partial charge in [-0.25, -0.2) is 0 Å². The minimum Gasteiger partial charge on any atom is -0.488 e. The summed E-state index contributed by atoms with van der Waals surface area (Å²) in [4.78, 5) is 18.7. The second-order valence-corrected chi connectivity index (χ2v) is 8.34. The van der Waals surface area contributed by atoms with Crippen LogP contribution in [0.5, 0.6) is 17.2 Å². The third kappa shape index (κ3) is 2.76. The molecule has 0 radical (unpaired) electrons. The maximum absolute atomic E-state index is 12.7. The number of ether oxygens (including phenoxy) is 3. The minimum absolute atomic E-state index is 0.0474. The van der Waals surface area contributed by atoms with E-state index in [0.29, 0.717) is 17.1 Å². The highest BCUT2D eigenvalue weighted by molar-refractivity contribution is 8.01. The molecule has 6 nitrogen and oxygen atoms in total. The zero-order chi connectivity index (χ0) is 17.6. The Morgan fingerprint density at radius 3 is 3.00 bits per heavy atom. The number of carbonyl (C=O) groups is 1. The maximum Gasteiger partial charge on any atom is 0.254 e. The number of aromatic nitrogens is 1. The summed E-state index contributed by atoms with van der Waals surface area (Å²) in [5.41, 5.74) is 0.648. The Morgan fingerprint density at radius 2 is 2.15 bits per heavy atom. The topological polar surface area (TPSA) is 60.9 Å². The third-order valence-corrected chi connectivity index (χ3v) is 6.55. The van der Waals surface area contributed by atoms with Gasteiger partial charge in [0.2, 0.25) is 6.79 Å². The van der Waals surface area contributed by atoms with Crippen LogP contribution in [0.25, 0.3) is 0 Å². The fourth-order valence-electron chi connectivity index (χ4n) is 3.71. The van der Waals surface area contributed by atoms with Crippen LogP contribution in [0.2, 0.25) is 0 Å². The van der Waals surface area contributed by atoms with Gasteiger partial charge in [0, 0.05) is 37.0 Å². The summed E-state index contributed by atoms with van der Waals surface area (Å²) in [5.74, 6) is 3.14. The van der Waals surface area contributed by atoms with Crippen molar-refractivity contribution in [3.63, 3.8) is 0 Å². The van der Waals surface area contributed by atoms with E-state index in [2.05, 4.69) is 4.98 Å². The van der Waals surface area contributed by atoms with Crippen LogP contribution in [0.15, 0.2) is 42.7 Å². The van der Waals surface area contributed by atoms with Crippen molar-refractivity contribution in [1.82, 2.24) is 9.88 Å². The molecule has 134 valence electrons. The lowest BCUT2D eigenvalue weighted by atomic mass is 9.92. The normalized spacial score (nSPS) is 22.3. The van der Waals surface area contributed by atoms with Crippen molar-refractivity contribution in [3.05, 3.63) is 48.3 Å². The molecule has 3 aliphatic heterocycles. The lowest BCUT2D eigenvalue weighted by Gasteiger charge is -2.47. The summed E-state index contributed by atoms with van der Waals surface area (Å²) in [6.07, 6.45) is 4.61. The molecule has 0 N–H and O–H groups in total. The molecule has 5 rings (SSSR count). The van der Waals surface area contributed by atoms with E-state index in [9.17, 15) is 4.79 Å². The van der Waals surface area contributed by atoms with Gasteiger partial charge in [0.15, 0.2) is 11.5 Å². The SMILES string of the molecule is O=C(c1ccc2c(c1)OCO2)N1CC2(CC(Oc3cccnc3)CS2)C1. The van der Waals surface area contributed by atoms with Gasteiger partial charge in [0.25, 0.3) is 5.91 Å². The van der Waals surface area contributed by atoms with Gasteiger partial charge in [-0.05, 0) is 30.3 Å². The number of hydrogen-bond donors (Lipinski definition) is 0. The minimum atomic E-state index is 0.0474. The molecule has 0 aliphatic carbocycles. The van der Waals surface area contributed by atoms with Gasteiger partial charge in [-0.3, -0.25) is 9.78 Å². The van der Waals surface area contributed by atoms with Crippen LogP contribution in [0.3, 0.4) is 0 Å². The average Bonchev–Trinajstić information content (AvgIpc) is 3.27. The lowest BCUT2D eigenvalue weighted by Crippen LogP contribution is -2.60. The molecule has 1 aromatic carbocycles. The number of hydrogen-bond acceptors (Lipinski definition) is 6. The Hall–Kier alpha value is -2.41. The van der Waals surface area contributed by atoms with Gasteiger partial charge in [0.1, 0.15) is 11.9 Å². The fourth-order valence-corrected chi connectivity index (χ4v) is 5.24. The summed E-state index contributed by atoms with van der Waals surface area (Å²) in [6.45, 7) is 1.74. The van der Waals surface area contributed by atoms with Gasteiger partial charge in [-0.15, -0.1) is 11.8 Å². The maximum atomic E-state index is 12.7. The molecule has 1 aromatic heterocycles. The first-order chi connectivity index (χ1) is 12.7. The zero-order valence-corrected chi connectivity index (χ0v) is 14.9.